The first-order chi connectivity index (χ1) is 6.26. The molecular formula is C11H19NS. The van der Waals surface area contributed by atoms with Gasteiger partial charge in [0.2, 0.25) is 0 Å². The molecule has 1 aromatic rings. The lowest BCUT2D eigenvalue weighted by Gasteiger charge is -2.05. The van der Waals surface area contributed by atoms with Crippen LogP contribution in [0.5, 0.6) is 0 Å². The Balaban J connectivity index is 2.36. The summed E-state index contributed by atoms with van der Waals surface area (Å²) in [4.78, 5) is 3.01. The van der Waals surface area contributed by atoms with Crippen LogP contribution in [0.4, 0.5) is 0 Å². The highest BCUT2D eigenvalue weighted by Crippen LogP contribution is 2.19. The van der Waals surface area contributed by atoms with E-state index in [4.69, 9.17) is 5.73 Å². The molecule has 0 radical (unpaired) electrons. The number of nitrogens with two attached hydrogens (primary N) is 1. The molecule has 1 heterocycles. The van der Waals surface area contributed by atoms with Gasteiger partial charge in [0.05, 0.1) is 0 Å². The molecule has 2 N–H and O–H groups in total. The Morgan fingerprint density at radius 1 is 1.38 bits per heavy atom. The maximum absolute atomic E-state index is 5.57. The Hall–Kier alpha value is -0.340. The van der Waals surface area contributed by atoms with E-state index in [1.165, 1.54) is 22.6 Å². The second-order valence-electron chi connectivity index (χ2n) is 3.60. The summed E-state index contributed by atoms with van der Waals surface area (Å²) in [5.74, 6) is 0.659. The number of hydrogen-bond acceptors (Lipinski definition) is 2. The molecule has 13 heavy (non-hydrogen) atoms. The molecular weight excluding hydrogens is 178 g/mol. The van der Waals surface area contributed by atoms with E-state index in [9.17, 15) is 0 Å². The minimum atomic E-state index is 0.659. The molecule has 1 nitrogen and oxygen atoms in total. The van der Waals surface area contributed by atoms with Crippen molar-refractivity contribution < 1.29 is 0 Å². The summed E-state index contributed by atoms with van der Waals surface area (Å²) in [6, 6.07) is 4.50. The highest BCUT2D eigenvalue weighted by molar-refractivity contribution is 7.11. The minimum absolute atomic E-state index is 0.659. The fraction of sp³-hybridized carbons (Fsp3) is 0.636. The number of aryl methyl sites for hydroxylation is 2. The summed E-state index contributed by atoms with van der Waals surface area (Å²) >= 11 is 1.94. The molecule has 0 aliphatic heterocycles. The molecule has 2 heteroatoms. The highest BCUT2D eigenvalue weighted by Gasteiger charge is 2.02. The van der Waals surface area contributed by atoms with Gasteiger partial charge in [0.15, 0.2) is 0 Å². The van der Waals surface area contributed by atoms with Crippen molar-refractivity contribution in [2.75, 3.05) is 6.54 Å². The Labute approximate surface area is 85.0 Å². The Morgan fingerprint density at radius 2 is 2.08 bits per heavy atom. The average molecular weight is 197 g/mol. The second-order valence-corrected chi connectivity index (χ2v) is 4.85. The summed E-state index contributed by atoms with van der Waals surface area (Å²) < 4.78 is 0. The summed E-state index contributed by atoms with van der Waals surface area (Å²) in [6.07, 6.45) is 3.58. The quantitative estimate of drug-likeness (QED) is 0.771. The molecule has 74 valence electrons. The van der Waals surface area contributed by atoms with Crippen LogP contribution in [0.3, 0.4) is 0 Å². The van der Waals surface area contributed by atoms with Gasteiger partial charge < -0.3 is 5.73 Å². The van der Waals surface area contributed by atoms with Crippen LogP contribution in [-0.4, -0.2) is 6.54 Å². The van der Waals surface area contributed by atoms with Crippen molar-refractivity contribution in [2.24, 2.45) is 11.7 Å². The molecule has 0 aliphatic carbocycles. The van der Waals surface area contributed by atoms with Gasteiger partial charge in [-0.3, -0.25) is 0 Å². The summed E-state index contributed by atoms with van der Waals surface area (Å²) in [5.41, 5.74) is 5.57. The minimum Gasteiger partial charge on any atom is -0.330 e. The number of rotatable bonds is 5. The lowest BCUT2D eigenvalue weighted by atomic mass is 10.1. The van der Waals surface area contributed by atoms with E-state index >= 15 is 0 Å². The summed E-state index contributed by atoms with van der Waals surface area (Å²) in [5, 5.41) is 0. The third kappa shape index (κ3) is 3.49. The van der Waals surface area contributed by atoms with E-state index in [1.807, 2.05) is 11.3 Å². The number of thiophene rings is 1. The van der Waals surface area contributed by atoms with Crippen molar-refractivity contribution in [3.8, 4) is 0 Å². The predicted octanol–water partition coefficient (Wildman–Crippen LogP) is 2.84. The summed E-state index contributed by atoms with van der Waals surface area (Å²) in [6.45, 7) is 5.23. The van der Waals surface area contributed by atoms with Crippen LogP contribution in [0.2, 0.25) is 0 Å². The molecule has 0 aliphatic rings. The molecule has 0 spiro atoms. The SMILES string of the molecule is CCc1ccc(CCC(C)CN)s1. The van der Waals surface area contributed by atoms with E-state index < -0.39 is 0 Å². The summed E-state index contributed by atoms with van der Waals surface area (Å²) in [7, 11) is 0. The zero-order chi connectivity index (χ0) is 9.68. The zero-order valence-electron chi connectivity index (χ0n) is 8.55. The van der Waals surface area contributed by atoms with E-state index in [2.05, 4.69) is 26.0 Å². The maximum Gasteiger partial charge on any atom is 0.00482 e. The first-order valence-corrected chi connectivity index (χ1v) is 5.85. The highest BCUT2D eigenvalue weighted by atomic mass is 32.1. The normalized spacial score (nSPS) is 13.2. The molecule has 0 saturated heterocycles. The van der Waals surface area contributed by atoms with Crippen molar-refractivity contribution in [1.82, 2.24) is 0 Å². The van der Waals surface area contributed by atoms with E-state index in [0.29, 0.717) is 5.92 Å². The van der Waals surface area contributed by atoms with Crippen molar-refractivity contribution in [3.63, 3.8) is 0 Å². The van der Waals surface area contributed by atoms with Gasteiger partial charge in [-0.1, -0.05) is 13.8 Å². The van der Waals surface area contributed by atoms with Crippen molar-refractivity contribution >= 4 is 11.3 Å². The lowest BCUT2D eigenvalue weighted by molar-refractivity contribution is 0.547. The molecule has 1 rings (SSSR count). The Bertz CT molecular complexity index is 242. The molecule has 1 aromatic heterocycles. The van der Waals surface area contributed by atoms with Crippen LogP contribution < -0.4 is 5.73 Å². The van der Waals surface area contributed by atoms with Gasteiger partial charge in [-0.05, 0) is 43.9 Å². The Morgan fingerprint density at radius 3 is 2.62 bits per heavy atom. The van der Waals surface area contributed by atoms with Gasteiger partial charge in [0.1, 0.15) is 0 Å². The van der Waals surface area contributed by atoms with Crippen molar-refractivity contribution in [3.05, 3.63) is 21.9 Å². The molecule has 0 bridgehead atoms. The van der Waals surface area contributed by atoms with Gasteiger partial charge in [-0.15, -0.1) is 11.3 Å². The van der Waals surface area contributed by atoms with Crippen LogP contribution in [-0.2, 0) is 12.8 Å². The molecule has 0 fully saturated rings. The average Bonchev–Trinajstić information content (AvgIpc) is 2.61. The van der Waals surface area contributed by atoms with Crippen molar-refractivity contribution in [1.29, 1.82) is 0 Å². The monoisotopic (exact) mass is 197 g/mol. The van der Waals surface area contributed by atoms with E-state index in [0.717, 1.165) is 13.0 Å². The van der Waals surface area contributed by atoms with E-state index in [1.54, 1.807) is 0 Å². The van der Waals surface area contributed by atoms with Crippen LogP contribution >= 0.6 is 11.3 Å². The first kappa shape index (κ1) is 10.7. The topological polar surface area (TPSA) is 26.0 Å². The first-order valence-electron chi connectivity index (χ1n) is 5.04. The second kappa shape index (κ2) is 5.40. The van der Waals surface area contributed by atoms with Gasteiger partial charge in [0.25, 0.3) is 0 Å². The largest absolute Gasteiger partial charge is 0.330 e. The fourth-order valence-corrected chi connectivity index (χ4v) is 2.23. The van der Waals surface area contributed by atoms with Gasteiger partial charge in [-0.25, -0.2) is 0 Å². The van der Waals surface area contributed by atoms with Crippen LogP contribution in [0.25, 0.3) is 0 Å². The van der Waals surface area contributed by atoms with Crippen LogP contribution in [0.1, 0.15) is 30.0 Å². The van der Waals surface area contributed by atoms with Gasteiger partial charge in [-0.2, -0.15) is 0 Å². The van der Waals surface area contributed by atoms with Crippen LogP contribution in [0, 0.1) is 5.92 Å². The molecule has 0 amide bonds. The van der Waals surface area contributed by atoms with Crippen LogP contribution in [0.15, 0.2) is 12.1 Å². The molecule has 1 unspecified atom stereocenters. The molecule has 0 aromatic carbocycles. The fourth-order valence-electron chi connectivity index (χ4n) is 1.25. The third-order valence-corrected chi connectivity index (χ3v) is 3.64. The third-order valence-electron chi connectivity index (χ3n) is 2.35. The Kier molecular flexibility index (Phi) is 4.46. The van der Waals surface area contributed by atoms with E-state index in [-0.39, 0.29) is 0 Å². The van der Waals surface area contributed by atoms with Crippen molar-refractivity contribution in [2.45, 2.75) is 33.1 Å². The predicted molar refractivity (Wildman–Crippen MR) is 60.2 cm³/mol. The maximum atomic E-state index is 5.57. The molecule has 0 saturated carbocycles. The van der Waals surface area contributed by atoms with Gasteiger partial charge in [0, 0.05) is 9.75 Å². The molecule has 1 atom stereocenters. The smallest absolute Gasteiger partial charge is 0.00482 e. The standard InChI is InChI=1S/C11H19NS/c1-3-10-6-7-11(13-10)5-4-9(2)8-12/h6-7,9H,3-5,8,12H2,1-2H3. The zero-order valence-corrected chi connectivity index (χ0v) is 9.36. The lowest BCUT2D eigenvalue weighted by Crippen LogP contribution is -2.10. The van der Waals surface area contributed by atoms with Gasteiger partial charge >= 0.3 is 0 Å². The number of hydrogen-bond donors (Lipinski definition) is 1.